The second-order valence-electron chi connectivity index (χ2n) is 18.2. The third-order valence-electron chi connectivity index (χ3n) is 13.4. The van der Waals surface area contributed by atoms with Gasteiger partial charge in [-0.1, -0.05) is 37.3 Å². The van der Waals surface area contributed by atoms with E-state index in [1.807, 2.05) is 55.1 Å². The zero-order chi connectivity index (χ0) is 41.1. The number of aromatic carboxylic acids is 1. The average molecular weight is 820 g/mol. The van der Waals surface area contributed by atoms with Crippen LogP contribution < -0.4 is 15.5 Å². The van der Waals surface area contributed by atoms with Gasteiger partial charge in [-0.2, -0.15) is 5.10 Å². The number of anilines is 4. The molecule has 310 valence electrons. The van der Waals surface area contributed by atoms with Crippen molar-refractivity contribution in [1.82, 2.24) is 35.3 Å². The number of aliphatic carboxylic acids is 1. The summed E-state index contributed by atoms with van der Waals surface area (Å²) in [5.74, 6) is 0.880. The van der Waals surface area contributed by atoms with Gasteiger partial charge in [0.05, 0.1) is 35.0 Å². The Balaban J connectivity index is 0.931. The van der Waals surface area contributed by atoms with E-state index < -0.39 is 11.9 Å². The highest BCUT2D eigenvalue weighted by atomic mass is 32.1. The van der Waals surface area contributed by atoms with Gasteiger partial charge in [-0.15, -0.1) is 10.2 Å². The highest BCUT2D eigenvalue weighted by molar-refractivity contribution is 7.22. The van der Waals surface area contributed by atoms with Gasteiger partial charge in [0.15, 0.2) is 22.5 Å². The van der Waals surface area contributed by atoms with Gasteiger partial charge in [0.2, 0.25) is 0 Å². The maximum absolute atomic E-state index is 12.9. The van der Waals surface area contributed by atoms with E-state index in [-0.39, 0.29) is 28.5 Å². The third-order valence-corrected chi connectivity index (χ3v) is 14.4. The molecule has 4 bridgehead atoms. The quantitative estimate of drug-likeness (QED) is 0.0794. The van der Waals surface area contributed by atoms with Crippen molar-refractivity contribution in [1.29, 1.82) is 0 Å². The highest BCUT2D eigenvalue weighted by Gasteiger charge is 2.60. The number of carbonyl (C=O) groups is 2. The molecule has 4 saturated carbocycles. The first-order chi connectivity index (χ1) is 28.3. The number of carboxylic acids is 2. The Kier molecular flexibility index (Phi) is 10.2. The van der Waals surface area contributed by atoms with Crippen LogP contribution in [0.1, 0.15) is 92.5 Å². The van der Waals surface area contributed by atoms with Crippen molar-refractivity contribution in [3.63, 3.8) is 0 Å². The van der Waals surface area contributed by atoms with E-state index in [4.69, 9.17) is 24.9 Å². The minimum absolute atomic E-state index is 0.0153. The Labute approximate surface area is 347 Å². The minimum Gasteiger partial charge on any atom is -0.481 e. The molecule has 0 saturated heterocycles. The largest absolute Gasteiger partial charge is 0.481 e. The molecule has 59 heavy (non-hydrogen) atoms. The Morgan fingerprint density at radius 1 is 0.966 bits per heavy atom. The number of thiazole rings is 1. The van der Waals surface area contributed by atoms with E-state index >= 15 is 0 Å². The number of rotatable bonds is 14. The second kappa shape index (κ2) is 15.2. The Morgan fingerprint density at radius 3 is 2.58 bits per heavy atom. The van der Waals surface area contributed by atoms with Crippen LogP contribution in [0.25, 0.3) is 21.3 Å². The number of nitrogens with zero attached hydrogens (tertiary/aromatic N) is 7. The Bertz CT molecular complexity index is 2400. The smallest absolute Gasteiger partial charge is 0.355 e. The van der Waals surface area contributed by atoms with Crippen LogP contribution in [0.2, 0.25) is 0 Å². The lowest BCUT2D eigenvalue weighted by molar-refractivity contribution is -0.163. The average Bonchev–Trinajstić information content (AvgIpc) is 3.73. The summed E-state index contributed by atoms with van der Waals surface area (Å²) in [6.45, 7) is 12.0. The van der Waals surface area contributed by atoms with Crippen LogP contribution in [0, 0.1) is 36.5 Å². The summed E-state index contributed by atoms with van der Waals surface area (Å²) in [4.78, 5) is 35.3. The normalized spacial score (nSPS) is 25.9. The molecule has 4 aromatic heterocycles. The molecule has 5 aromatic rings. The maximum Gasteiger partial charge on any atom is 0.355 e. The first kappa shape index (κ1) is 39.5. The molecular formula is C44H53N9O5S. The van der Waals surface area contributed by atoms with Crippen molar-refractivity contribution in [2.75, 3.05) is 36.5 Å². The van der Waals surface area contributed by atoms with Gasteiger partial charge >= 0.3 is 11.9 Å². The van der Waals surface area contributed by atoms with Gasteiger partial charge < -0.3 is 30.5 Å². The zero-order valence-corrected chi connectivity index (χ0v) is 35.1. The number of pyridine rings is 1. The molecule has 10 rings (SSSR count). The van der Waals surface area contributed by atoms with Gasteiger partial charge in [-0.3, -0.25) is 9.48 Å². The predicted molar refractivity (Wildman–Crippen MR) is 227 cm³/mol. The molecule has 4 aliphatic carbocycles. The maximum atomic E-state index is 12.9. The molecule has 4 N–H and O–H groups in total. The summed E-state index contributed by atoms with van der Waals surface area (Å²) in [7, 11) is 0. The first-order valence-electron chi connectivity index (χ1n) is 20.9. The van der Waals surface area contributed by atoms with Crippen molar-refractivity contribution in [3.05, 3.63) is 65.1 Å². The van der Waals surface area contributed by atoms with Crippen LogP contribution in [-0.4, -0.2) is 83.9 Å². The third kappa shape index (κ3) is 7.68. The molecule has 5 heterocycles. The number of ether oxygens (including phenoxy) is 1. The lowest BCUT2D eigenvalue weighted by Gasteiger charge is -2.56. The van der Waals surface area contributed by atoms with Crippen LogP contribution in [0.4, 0.5) is 22.6 Å². The topological polar surface area (TPSA) is 181 Å². The molecule has 0 radical (unpaired) electrons. The van der Waals surface area contributed by atoms with E-state index in [2.05, 4.69) is 39.4 Å². The van der Waals surface area contributed by atoms with Gasteiger partial charge in [-0.05, 0) is 112 Å². The van der Waals surface area contributed by atoms with E-state index in [1.165, 1.54) is 12.8 Å². The van der Waals surface area contributed by atoms with Gasteiger partial charge in [-0.25, -0.2) is 14.8 Å². The number of nitrogens with one attached hydrogen (secondary N) is 2. The number of hydrogen-bond donors (Lipinski definition) is 4. The van der Waals surface area contributed by atoms with Gasteiger partial charge in [0, 0.05) is 54.1 Å². The first-order valence-corrected chi connectivity index (χ1v) is 21.7. The van der Waals surface area contributed by atoms with E-state index in [0.29, 0.717) is 61.1 Å². The fourth-order valence-electron chi connectivity index (χ4n) is 11.6. The number of aromatic nitrogens is 6. The lowest BCUT2D eigenvalue weighted by atomic mass is 9.53. The van der Waals surface area contributed by atoms with Crippen molar-refractivity contribution >= 4 is 56.1 Å². The van der Waals surface area contributed by atoms with Crippen LogP contribution >= 0.6 is 11.3 Å². The van der Waals surface area contributed by atoms with Gasteiger partial charge in [0.25, 0.3) is 0 Å². The molecule has 14 nitrogen and oxygen atoms in total. The zero-order valence-electron chi connectivity index (χ0n) is 34.3. The number of benzene rings is 1. The molecule has 0 amide bonds. The van der Waals surface area contributed by atoms with Crippen molar-refractivity contribution in [2.24, 2.45) is 22.7 Å². The molecule has 4 fully saturated rings. The van der Waals surface area contributed by atoms with Crippen LogP contribution in [-0.2, 0) is 22.5 Å². The molecule has 1 aliphatic heterocycles. The highest BCUT2D eigenvalue weighted by Crippen LogP contribution is 2.66. The molecule has 5 aliphatic rings. The summed E-state index contributed by atoms with van der Waals surface area (Å²) in [5.41, 5.74) is 5.39. The Hall–Kier alpha value is -4.99. The van der Waals surface area contributed by atoms with Crippen LogP contribution in [0.5, 0.6) is 0 Å². The lowest BCUT2D eigenvalue weighted by Crippen LogP contribution is -2.52. The monoisotopic (exact) mass is 819 g/mol. The molecule has 1 aromatic carbocycles. The van der Waals surface area contributed by atoms with E-state index in [1.54, 1.807) is 17.5 Å². The molecule has 5 unspecified atom stereocenters. The molecule has 15 heteroatoms. The van der Waals surface area contributed by atoms with E-state index in [9.17, 15) is 14.7 Å². The summed E-state index contributed by atoms with van der Waals surface area (Å²) >= 11 is 1.57. The van der Waals surface area contributed by atoms with Gasteiger partial charge in [0.1, 0.15) is 5.82 Å². The van der Waals surface area contributed by atoms with E-state index in [0.717, 1.165) is 82.8 Å². The predicted octanol–water partition coefficient (Wildman–Crippen LogP) is 7.93. The van der Waals surface area contributed by atoms with Crippen LogP contribution in [0.3, 0.4) is 0 Å². The molecule has 0 spiro atoms. The fourth-order valence-corrected chi connectivity index (χ4v) is 12.5. The minimum atomic E-state index is -1.09. The SMILES string of the molecule is Cc1c(Nc2nc3ccccc3s2)nnc2c1CCCN2c1ccc(-c2cnn(CC3CC4(C)CC5(C)CC3CC(OCCNCCC(=O)O)(C4)C5)c2C)c(C(=O)O)n1. The van der Waals surface area contributed by atoms with Crippen molar-refractivity contribution < 1.29 is 24.5 Å². The summed E-state index contributed by atoms with van der Waals surface area (Å²) in [6, 6.07) is 11.8. The summed E-state index contributed by atoms with van der Waals surface area (Å²) in [5, 5.41) is 41.0. The van der Waals surface area contributed by atoms with Crippen molar-refractivity contribution in [3.8, 4) is 11.1 Å². The second-order valence-corrected chi connectivity index (χ2v) is 19.3. The van der Waals surface area contributed by atoms with Crippen molar-refractivity contribution in [2.45, 2.75) is 97.6 Å². The molecular weight excluding hydrogens is 767 g/mol. The summed E-state index contributed by atoms with van der Waals surface area (Å²) < 4.78 is 9.96. The Morgan fingerprint density at radius 2 is 1.78 bits per heavy atom. The standard InChI is InChI=1S/C44H53N9O5S/c1-26-30-8-7-16-52(39(30)51-50-38(26)49-41-47-33-9-5-6-10-34(33)59-41)35-12-11-31(37(48-35)40(56)57)32-21-46-53(27(32)2)22-29-19-43(4)23-42(3)18-28(29)20-44(24-42,25-43)58-17-15-45-14-13-36(54)55/h5-6,9-12,21,28-29,45H,7-8,13-20,22-25H2,1-4H3,(H,54,55)(H,56,57)(H,47,49,50). The number of fused-ring (bicyclic) bond motifs is 3. The number of carboxylic acid groups (broad SMARTS) is 2. The summed E-state index contributed by atoms with van der Waals surface area (Å²) in [6.07, 6.45) is 10.2. The number of para-hydroxylation sites is 1. The number of hydrogen-bond acceptors (Lipinski definition) is 12. The van der Waals surface area contributed by atoms with Crippen LogP contribution in [0.15, 0.2) is 42.6 Å². The fraction of sp³-hybridized carbons (Fsp3) is 0.523. The molecule has 5 atom stereocenters.